The molecule has 1 N–H and O–H groups in total. The first kappa shape index (κ1) is 12.2. The molecule has 0 saturated carbocycles. The summed E-state index contributed by atoms with van der Waals surface area (Å²) in [6.07, 6.45) is 5.28. The Balaban J connectivity index is 2.39. The van der Waals surface area contributed by atoms with Gasteiger partial charge in [0.15, 0.2) is 0 Å². The number of nitrogens with zero attached hydrogens (tertiary/aromatic N) is 1. The van der Waals surface area contributed by atoms with Gasteiger partial charge in [0.05, 0.1) is 11.1 Å². The van der Waals surface area contributed by atoms with Gasteiger partial charge in [-0.3, -0.25) is 4.79 Å². The molecule has 2 rings (SSSR count). The largest absolute Gasteiger partial charge is 0.361 e. The molecule has 3 heteroatoms. The van der Waals surface area contributed by atoms with Crippen LogP contribution in [0.2, 0.25) is 0 Å². The Bertz CT molecular complexity index is 573. The molecule has 0 spiro atoms. The highest BCUT2D eigenvalue weighted by atomic mass is 16.2. The van der Waals surface area contributed by atoms with Crippen molar-refractivity contribution in [3.63, 3.8) is 0 Å². The summed E-state index contributed by atoms with van der Waals surface area (Å²) in [4.78, 5) is 17.3. The third-order valence-corrected chi connectivity index (χ3v) is 2.80. The van der Waals surface area contributed by atoms with Crippen molar-refractivity contribution in [1.82, 2.24) is 9.88 Å². The average Bonchev–Trinajstić information content (AvgIpc) is 2.85. The van der Waals surface area contributed by atoms with Crippen LogP contribution in [0.25, 0.3) is 10.9 Å². The lowest BCUT2D eigenvalue weighted by molar-refractivity contribution is 0.0792. The molecule has 3 nitrogen and oxygen atoms in total. The molecule has 0 aliphatic carbocycles. The van der Waals surface area contributed by atoms with Crippen molar-refractivity contribution in [2.75, 3.05) is 13.1 Å². The number of nitrogens with one attached hydrogen (secondary N) is 1. The maximum atomic E-state index is 12.4. The van der Waals surface area contributed by atoms with Crippen molar-refractivity contribution < 1.29 is 4.79 Å². The normalized spacial score (nSPS) is 10.2. The number of aromatic amines is 1. The number of hydrogen-bond acceptors (Lipinski definition) is 1. The van der Waals surface area contributed by atoms with E-state index in [1.807, 2.05) is 30.5 Å². The van der Waals surface area contributed by atoms with Gasteiger partial charge in [-0.2, -0.15) is 0 Å². The van der Waals surface area contributed by atoms with E-state index in [4.69, 9.17) is 0 Å². The molecule has 0 radical (unpaired) electrons. The lowest BCUT2D eigenvalue weighted by Crippen LogP contribution is -2.31. The Labute approximate surface area is 106 Å². The molecule has 18 heavy (non-hydrogen) atoms. The van der Waals surface area contributed by atoms with Gasteiger partial charge in [0.25, 0.3) is 5.91 Å². The van der Waals surface area contributed by atoms with E-state index in [9.17, 15) is 4.79 Å². The lowest BCUT2D eigenvalue weighted by Gasteiger charge is -2.19. The van der Waals surface area contributed by atoms with E-state index in [1.54, 1.807) is 17.1 Å². The fourth-order valence-corrected chi connectivity index (χ4v) is 1.99. The summed E-state index contributed by atoms with van der Waals surface area (Å²) < 4.78 is 0. The van der Waals surface area contributed by atoms with Crippen LogP contribution in [-0.4, -0.2) is 28.9 Å². The molecule has 0 atom stereocenters. The summed E-state index contributed by atoms with van der Waals surface area (Å²) in [7, 11) is 0. The maximum absolute atomic E-state index is 12.4. The Morgan fingerprint density at radius 3 is 2.61 bits per heavy atom. The first-order valence-electron chi connectivity index (χ1n) is 5.85. The summed E-state index contributed by atoms with van der Waals surface area (Å²) in [6.45, 7) is 8.38. The zero-order valence-corrected chi connectivity index (χ0v) is 10.2. The molecule has 0 aliphatic heterocycles. The van der Waals surface area contributed by atoms with Crippen LogP contribution in [0.4, 0.5) is 0 Å². The Morgan fingerprint density at radius 2 is 1.94 bits per heavy atom. The maximum Gasteiger partial charge on any atom is 0.256 e. The molecular weight excluding hydrogens is 224 g/mol. The second kappa shape index (κ2) is 5.36. The van der Waals surface area contributed by atoms with Gasteiger partial charge in [0, 0.05) is 24.7 Å². The van der Waals surface area contributed by atoms with Gasteiger partial charge in [-0.15, -0.1) is 13.2 Å². The minimum atomic E-state index is -0.0112. The van der Waals surface area contributed by atoms with E-state index >= 15 is 0 Å². The van der Waals surface area contributed by atoms with Gasteiger partial charge in [0.2, 0.25) is 0 Å². The summed E-state index contributed by atoms with van der Waals surface area (Å²) in [5, 5.41) is 1.04. The number of fused-ring (bicyclic) bond motifs is 1. The number of benzene rings is 1. The van der Waals surface area contributed by atoms with Crippen LogP contribution in [0.5, 0.6) is 0 Å². The molecule has 2 aromatic rings. The zero-order valence-electron chi connectivity index (χ0n) is 10.2. The van der Waals surface area contributed by atoms with Gasteiger partial charge in [-0.05, 0) is 12.1 Å². The van der Waals surface area contributed by atoms with E-state index in [0.717, 1.165) is 10.9 Å². The number of carbonyl (C=O) groups excluding carboxylic acids is 1. The van der Waals surface area contributed by atoms with Crippen LogP contribution >= 0.6 is 0 Å². The van der Waals surface area contributed by atoms with Crippen LogP contribution in [-0.2, 0) is 0 Å². The SMILES string of the molecule is C=CCN(CC=C)C(=O)c1cccc2cc[nH]c12. The van der Waals surface area contributed by atoms with Crippen LogP contribution in [0, 0.1) is 0 Å². The molecule has 0 unspecified atom stereocenters. The zero-order chi connectivity index (χ0) is 13.0. The van der Waals surface area contributed by atoms with Crippen molar-refractivity contribution >= 4 is 16.8 Å². The highest BCUT2D eigenvalue weighted by Crippen LogP contribution is 2.18. The van der Waals surface area contributed by atoms with Gasteiger partial charge in [-0.25, -0.2) is 0 Å². The van der Waals surface area contributed by atoms with E-state index in [0.29, 0.717) is 18.7 Å². The standard InChI is InChI=1S/C15H16N2O/c1-3-10-17(11-4-2)15(18)13-7-5-6-12-8-9-16-14(12)13/h3-9,16H,1-2,10-11H2. The second-order valence-electron chi connectivity index (χ2n) is 4.03. The lowest BCUT2D eigenvalue weighted by atomic mass is 10.1. The van der Waals surface area contributed by atoms with Gasteiger partial charge in [0.1, 0.15) is 0 Å². The smallest absolute Gasteiger partial charge is 0.256 e. The highest BCUT2D eigenvalue weighted by Gasteiger charge is 2.16. The van der Waals surface area contributed by atoms with Crippen molar-refractivity contribution in [3.8, 4) is 0 Å². The number of carbonyl (C=O) groups is 1. The fraction of sp³-hybridized carbons (Fsp3) is 0.133. The molecule has 0 fully saturated rings. The minimum absolute atomic E-state index is 0.0112. The number of H-pyrrole nitrogens is 1. The molecule has 1 amide bonds. The van der Waals surface area contributed by atoms with Gasteiger partial charge in [-0.1, -0.05) is 24.3 Å². The fourth-order valence-electron chi connectivity index (χ4n) is 1.99. The molecule has 0 bridgehead atoms. The van der Waals surface area contributed by atoms with Gasteiger partial charge >= 0.3 is 0 Å². The van der Waals surface area contributed by atoms with Crippen molar-refractivity contribution in [3.05, 3.63) is 61.3 Å². The molecular formula is C15H16N2O. The van der Waals surface area contributed by atoms with E-state index in [1.165, 1.54) is 0 Å². The topological polar surface area (TPSA) is 36.1 Å². The highest BCUT2D eigenvalue weighted by molar-refractivity contribution is 6.05. The molecule has 1 aromatic carbocycles. The third kappa shape index (κ3) is 2.20. The van der Waals surface area contributed by atoms with Crippen LogP contribution < -0.4 is 0 Å². The molecule has 1 heterocycles. The summed E-state index contributed by atoms with van der Waals surface area (Å²) in [6, 6.07) is 7.66. The quantitative estimate of drug-likeness (QED) is 0.801. The summed E-state index contributed by atoms with van der Waals surface area (Å²) >= 11 is 0. The molecule has 1 aromatic heterocycles. The van der Waals surface area contributed by atoms with E-state index < -0.39 is 0 Å². The monoisotopic (exact) mass is 240 g/mol. The number of aromatic nitrogens is 1. The summed E-state index contributed by atoms with van der Waals surface area (Å²) in [5.74, 6) is -0.0112. The minimum Gasteiger partial charge on any atom is -0.361 e. The van der Waals surface area contributed by atoms with Gasteiger partial charge < -0.3 is 9.88 Å². The Kier molecular flexibility index (Phi) is 3.63. The van der Waals surface area contributed by atoms with Crippen LogP contribution in [0.1, 0.15) is 10.4 Å². The number of rotatable bonds is 5. The number of amides is 1. The molecule has 0 aliphatic rings. The van der Waals surface area contributed by atoms with Crippen molar-refractivity contribution in [2.24, 2.45) is 0 Å². The van der Waals surface area contributed by atoms with Crippen molar-refractivity contribution in [2.45, 2.75) is 0 Å². The van der Waals surface area contributed by atoms with Crippen LogP contribution in [0.3, 0.4) is 0 Å². The third-order valence-electron chi connectivity index (χ3n) is 2.80. The predicted molar refractivity (Wildman–Crippen MR) is 74.6 cm³/mol. The Morgan fingerprint density at radius 1 is 1.22 bits per heavy atom. The average molecular weight is 240 g/mol. The number of para-hydroxylation sites is 1. The first-order chi connectivity index (χ1) is 8.77. The van der Waals surface area contributed by atoms with Crippen molar-refractivity contribution in [1.29, 1.82) is 0 Å². The van der Waals surface area contributed by atoms with Crippen LogP contribution in [0.15, 0.2) is 55.8 Å². The van der Waals surface area contributed by atoms with E-state index in [-0.39, 0.29) is 5.91 Å². The Hall–Kier alpha value is -2.29. The molecule has 0 saturated heterocycles. The first-order valence-corrected chi connectivity index (χ1v) is 5.85. The molecule has 92 valence electrons. The summed E-state index contributed by atoms with van der Waals surface area (Å²) in [5.41, 5.74) is 1.56. The second-order valence-corrected chi connectivity index (χ2v) is 4.03. The number of hydrogen-bond donors (Lipinski definition) is 1. The predicted octanol–water partition coefficient (Wildman–Crippen LogP) is 2.98. The van der Waals surface area contributed by atoms with E-state index in [2.05, 4.69) is 18.1 Å².